The number of carbonyl (C=O) groups is 1. The molecule has 0 aromatic heterocycles. The van der Waals surface area contributed by atoms with Crippen LogP contribution in [0, 0.1) is 11.3 Å². The summed E-state index contributed by atoms with van der Waals surface area (Å²) in [7, 11) is 0. The molecule has 0 bridgehead atoms. The molecular formula is C13H24N2O2. The number of amides is 1. The van der Waals surface area contributed by atoms with Gasteiger partial charge in [0.25, 0.3) is 0 Å². The zero-order valence-electron chi connectivity index (χ0n) is 10.9. The molecule has 1 amide bonds. The fraction of sp³-hybridized carbons (Fsp3) is 0.923. The van der Waals surface area contributed by atoms with Gasteiger partial charge >= 0.3 is 0 Å². The second-order valence-corrected chi connectivity index (χ2v) is 5.93. The van der Waals surface area contributed by atoms with Crippen LogP contribution in [0.5, 0.6) is 0 Å². The predicted octanol–water partition coefficient (Wildman–Crippen LogP) is 0.605. The molecule has 2 rings (SSSR count). The van der Waals surface area contributed by atoms with Crippen LogP contribution in [-0.4, -0.2) is 48.2 Å². The zero-order chi connectivity index (χ0) is 12.5. The first-order valence-corrected chi connectivity index (χ1v) is 6.71. The number of nitrogens with zero attached hydrogens (tertiary/aromatic N) is 1. The van der Waals surface area contributed by atoms with E-state index in [2.05, 4.69) is 12.2 Å². The SMILES string of the molecule is CC1CN(C(=O)C2(C)CCCNC2)CCC1O. The molecule has 0 aromatic carbocycles. The van der Waals surface area contributed by atoms with Crippen molar-refractivity contribution in [3.8, 4) is 0 Å². The predicted molar refractivity (Wildman–Crippen MR) is 66.6 cm³/mol. The lowest BCUT2D eigenvalue weighted by atomic mass is 9.80. The molecule has 4 heteroatoms. The highest BCUT2D eigenvalue weighted by Crippen LogP contribution is 2.30. The van der Waals surface area contributed by atoms with Gasteiger partial charge in [0.2, 0.25) is 5.91 Å². The Hall–Kier alpha value is -0.610. The van der Waals surface area contributed by atoms with Crippen molar-refractivity contribution in [1.82, 2.24) is 10.2 Å². The first kappa shape index (κ1) is 12.8. The highest BCUT2D eigenvalue weighted by Gasteiger charge is 2.39. The molecule has 2 saturated heterocycles. The minimum Gasteiger partial charge on any atom is -0.393 e. The molecule has 2 aliphatic rings. The molecule has 3 atom stereocenters. The summed E-state index contributed by atoms with van der Waals surface area (Å²) in [6.45, 7) is 7.32. The van der Waals surface area contributed by atoms with E-state index in [0.717, 1.165) is 32.4 Å². The standard InChI is InChI=1S/C13H24N2O2/c1-10-8-15(7-4-11(10)16)12(17)13(2)5-3-6-14-9-13/h10-11,14,16H,3-9H2,1-2H3. The molecule has 17 heavy (non-hydrogen) atoms. The van der Waals surface area contributed by atoms with Gasteiger partial charge < -0.3 is 15.3 Å². The summed E-state index contributed by atoms with van der Waals surface area (Å²) < 4.78 is 0. The lowest BCUT2D eigenvalue weighted by Crippen LogP contribution is -2.54. The molecule has 0 aromatic rings. The smallest absolute Gasteiger partial charge is 0.229 e. The van der Waals surface area contributed by atoms with Crippen LogP contribution in [0.2, 0.25) is 0 Å². The van der Waals surface area contributed by atoms with Crippen LogP contribution in [0.1, 0.15) is 33.1 Å². The van der Waals surface area contributed by atoms with Crippen LogP contribution in [0.3, 0.4) is 0 Å². The fourth-order valence-corrected chi connectivity index (χ4v) is 2.94. The van der Waals surface area contributed by atoms with Crippen molar-refractivity contribution in [2.75, 3.05) is 26.2 Å². The topological polar surface area (TPSA) is 52.6 Å². The fourth-order valence-electron chi connectivity index (χ4n) is 2.94. The number of aliphatic hydroxyl groups excluding tert-OH is 1. The maximum atomic E-state index is 12.5. The highest BCUT2D eigenvalue weighted by atomic mass is 16.3. The van der Waals surface area contributed by atoms with Gasteiger partial charge in [-0.05, 0) is 38.6 Å². The Morgan fingerprint density at radius 3 is 2.88 bits per heavy atom. The van der Waals surface area contributed by atoms with E-state index in [4.69, 9.17) is 0 Å². The van der Waals surface area contributed by atoms with E-state index in [1.165, 1.54) is 0 Å². The molecule has 0 spiro atoms. The van der Waals surface area contributed by atoms with Crippen LogP contribution in [-0.2, 0) is 4.79 Å². The van der Waals surface area contributed by atoms with E-state index in [-0.39, 0.29) is 23.3 Å². The van der Waals surface area contributed by atoms with Gasteiger partial charge in [-0.3, -0.25) is 4.79 Å². The van der Waals surface area contributed by atoms with Crippen molar-refractivity contribution in [2.45, 2.75) is 39.2 Å². The summed E-state index contributed by atoms with van der Waals surface area (Å²) in [6, 6.07) is 0. The van der Waals surface area contributed by atoms with Crippen LogP contribution in [0.4, 0.5) is 0 Å². The zero-order valence-corrected chi connectivity index (χ0v) is 10.9. The summed E-state index contributed by atoms with van der Waals surface area (Å²) in [5.74, 6) is 0.469. The Morgan fingerprint density at radius 2 is 2.29 bits per heavy atom. The van der Waals surface area contributed by atoms with E-state index in [1.54, 1.807) is 0 Å². The van der Waals surface area contributed by atoms with Crippen molar-refractivity contribution in [1.29, 1.82) is 0 Å². The summed E-state index contributed by atoms with van der Waals surface area (Å²) >= 11 is 0. The molecule has 4 nitrogen and oxygen atoms in total. The second kappa shape index (κ2) is 4.94. The number of hydrogen-bond donors (Lipinski definition) is 2. The molecule has 2 heterocycles. The van der Waals surface area contributed by atoms with Crippen LogP contribution in [0.25, 0.3) is 0 Å². The van der Waals surface area contributed by atoms with Crippen LogP contribution < -0.4 is 5.32 Å². The van der Waals surface area contributed by atoms with Gasteiger partial charge in [0.05, 0.1) is 11.5 Å². The lowest BCUT2D eigenvalue weighted by Gasteiger charge is -2.41. The minimum absolute atomic E-state index is 0.202. The Kier molecular flexibility index (Phi) is 3.73. The Bertz CT molecular complexity index is 287. The average molecular weight is 240 g/mol. The van der Waals surface area contributed by atoms with Crippen molar-refractivity contribution >= 4 is 5.91 Å². The van der Waals surface area contributed by atoms with Crippen molar-refractivity contribution < 1.29 is 9.90 Å². The molecule has 3 unspecified atom stereocenters. The van der Waals surface area contributed by atoms with Crippen LogP contribution >= 0.6 is 0 Å². The summed E-state index contributed by atoms with van der Waals surface area (Å²) in [5.41, 5.74) is -0.236. The highest BCUT2D eigenvalue weighted by molar-refractivity contribution is 5.82. The number of carbonyl (C=O) groups excluding carboxylic acids is 1. The average Bonchev–Trinajstić information content (AvgIpc) is 2.33. The number of aliphatic hydroxyl groups is 1. The maximum absolute atomic E-state index is 12.5. The summed E-state index contributed by atoms with van der Waals surface area (Å²) in [4.78, 5) is 14.5. The quantitative estimate of drug-likeness (QED) is 0.706. The molecule has 0 radical (unpaired) electrons. The number of rotatable bonds is 1. The molecular weight excluding hydrogens is 216 g/mol. The van der Waals surface area contributed by atoms with Gasteiger partial charge in [-0.25, -0.2) is 0 Å². The van der Waals surface area contributed by atoms with E-state index < -0.39 is 0 Å². The Balaban J connectivity index is 1.99. The monoisotopic (exact) mass is 240 g/mol. The first-order chi connectivity index (χ1) is 8.03. The van der Waals surface area contributed by atoms with Crippen molar-refractivity contribution in [2.24, 2.45) is 11.3 Å². The van der Waals surface area contributed by atoms with E-state index in [1.807, 2.05) is 11.8 Å². The van der Waals surface area contributed by atoms with E-state index in [9.17, 15) is 9.90 Å². The summed E-state index contributed by atoms with van der Waals surface area (Å²) in [5, 5.41) is 13.0. The molecule has 98 valence electrons. The number of likely N-dealkylation sites (tertiary alicyclic amines) is 1. The van der Waals surface area contributed by atoms with Gasteiger partial charge in [-0.15, -0.1) is 0 Å². The lowest BCUT2D eigenvalue weighted by molar-refractivity contribution is -0.145. The van der Waals surface area contributed by atoms with E-state index in [0.29, 0.717) is 13.1 Å². The van der Waals surface area contributed by atoms with E-state index >= 15 is 0 Å². The van der Waals surface area contributed by atoms with Gasteiger partial charge in [0.15, 0.2) is 0 Å². The number of nitrogens with one attached hydrogen (secondary N) is 1. The number of piperidine rings is 2. The normalized spacial score (nSPS) is 39.1. The largest absolute Gasteiger partial charge is 0.393 e. The molecule has 2 N–H and O–H groups in total. The number of hydrogen-bond acceptors (Lipinski definition) is 3. The van der Waals surface area contributed by atoms with Gasteiger partial charge in [0.1, 0.15) is 0 Å². The Labute approximate surface area is 103 Å². The van der Waals surface area contributed by atoms with Gasteiger partial charge in [-0.2, -0.15) is 0 Å². The van der Waals surface area contributed by atoms with Crippen molar-refractivity contribution in [3.63, 3.8) is 0 Å². The second-order valence-electron chi connectivity index (χ2n) is 5.93. The molecule has 2 aliphatic heterocycles. The molecule has 2 fully saturated rings. The third-order valence-electron chi connectivity index (χ3n) is 4.26. The third kappa shape index (κ3) is 2.63. The third-order valence-corrected chi connectivity index (χ3v) is 4.26. The molecule has 0 aliphatic carbocycles. The molecule has 0 saturated carbocycles. The maximum Gasteiger partial charge on any atom is 0.229 e. The van der Waals surface area contributed by atoms with Gasteiger partial charge in [-0.1, -0.05) is 6.92 Å². The van der Waals surface area contributed by atoms with Gasteiger partial charge in [0, 0.05) is 19.6 Å². The summed E-state index contributed by atoms with van der Waals surface area (Å²) in [6.07, 6.45) is 2.54. The Morgan fingerprint density at radius 1 is 1.53 bits per heavy atom. The first-order valence-electron chi connectivity index (χ1n) is 6.71. The van der Waals surface area contributed by atoms with Crippen molar-refractivity contribution in [3.05, 3.63) is 0 Å². The van der Waals surface area contributed by atoms with Crippen LogP contribution in [0.15, 0.2) is 0 Å². The minimum atomic E-state index is -0.240.